The summed E-state index contributed by atoms with van der Waals surface area (Å²) in [4.78, 5) is 23.8. The lowest BCUT2D eigenvalue weighted by Gasteiger charge is -2.22. The second kappa shape index (κ2) is 9.71. The van der Waals surface area contributed by atoms with Crippen molar-refractivity contribution in [2.75, 3.05) is 33.0 Å². The van der Waals surface area contributed by atoms with Crippen LogP contribution in [0.4, 0.5) is 5.69 Å². The van der Waals surface area contributed by atoms with Crippen LogP contribution in [0.25, 0.3) is 0 Å². The van der Waals surface area contributed by atoms with E-state index in [1.54, 1.807) is 0 Å². The highest BCUT2D eigenvalue weighted by atomic mass is 35.5. The first-order valence-electron chi connectivity index (χ1n) is 7.46. The highest BCUT2D eigenvalue weighted by Gasteiger charge is 2.24. The number of amides is 1. The molecule has 1 atom stereocenters. The number of carbonyl (C=O) groups is 1. The van der Waals surface area contributed by atoms with Crippen molar-refractivity contribution < 1.29 is 14.5 Å². The Morgan fingerprint density at radius 1 is 1.54 bits per heavy atom. The van der Waals surface area contributed by atoms with Crippen molar-refractivity contribution in [3.05, 3.63) is 27.8 Å². The van der Waals surface area contributed by atoms with E-state index >= 15 is 0 Å². The second-order valence-electron chi connectivity index (χ2n) is 5.40. The van der Waals surface area contributed by atoms with Crippen LogP contribution in [0.2, 0.25) is 0 Å². The normalized spacial score (nSPS) is 16.8. The summed E-state index contributed by atoms with van der Waals surface area (Å²) in [6, 6.07) is 2.83. The largest absolute Gasteiger partial charge is 0.495 e. The zero-order valence-electron chi connectivity index (χ0n) is 13.7. The third-order valence-corrected chi connectivity index (χ3v) is 4.65. The van der Waals surface area contributed by atoms with Crippen molar-refractivity contribution in [3.8, 4) is 5.75 Å². The third-order valence-electron chi connectivity index (χ3n) is 3.89. The van der Waals surface area contributed by atoms with Crippen LogP contribution in [0.1, 0.15) is 23.2 Å². The SMILES string of the molecule is COc1cc([N+](=O)[O-])c(C(=O)NCC2CCCNC2)cc1SC.Cl. The van der Waals surface area contributed by atoms with Crippen LogP contribution in [0.15, 0.2) is 17.0 Å². The Morgan fingerprint density at radius 2 is 2.29 bits per heavy atom. The van der Waals surface area contributed by atoms with Gasteiger partial charge in [0.15, 0.2) is 0 Å². The molecule has 134 valence electrons. The molecule has 1 aliphatic rings. The first kappa shape index (κ1) is 20.5. The molecule has 0 spiro atoms. The van der Waals surface area contributed by atoms with Gasteiger partial charge in [0.05, 0.1) is 23.0 Å². The molecule has 0 aromatic heterocycles. The van der Waals surface area contributed by atoms with Crippen molar-refractivity contribution in [1.29, 1.82) is 0 Å². The van der Waals surface area contributed by atoms with Gasteiger partial charge in [-0.25, -0.2) is 0 Å². The van der Waals surface area contributed by atoms with Gasteiger partial charge in [-0.1, -0.05) is 0 Å². The predicted octanol–water partition coefficient (Wildman–Crippen LogP) is 2.48. The number of carbonyl (C=O) groups excluding carboxylic acids is 1. The molecule has 0 radical (unpaired) electrons. The van der Waals surface area contributed by atoms with Crippen molar-refractivity contribution in [1.82, 2.24) is 10.6 Å². The highest BCUT2D eigenvalue weighted by Crippen LogP contribution is 2.34. The Morgan fingerprint density at radius 3 is 2.83 bits per heavy atom. The number of nitro benzene ring substituents is 1. The van der Waals surface area contributed by atoms with Crippen LogP contribution in [0.5, 0.6) is 5.75 Å². The lowest BCUT2D eigenvalue weighted by Crippen LogP contribution is -2.38. The minimum atomic E-state index is -0.552. The van der Waals surface area contributed by atoms with E-state index in [1.807, 2.05) is 6.26 Å². The van der Waals surface area contributed by atoms with Crippen LogP contribution >= 0.6 is 24.2 Å². The zero-order chi connectivity index (χ0) is 16.8. The Labute approximate surface area is 151 Å². The number of methoxy groups -OCH3 is 1. The second-order valence-corrected chi connectivity index (χ2v) is 6.25. The number of nitrogens with one attached hydrogen (secondary N) is 2. The first-order valence-corrected chi connectivity index (χ1v) is 8.68. The fourth-order valence-electron chi connectivity index (χ4n) is 2.63. The molecule has 9 heteroatoms. The maximum atomic E-state index is 12.4. The number of rotatable bonds is 6. The molecular formula is C15H22ClN3O4S. The van der Waals surface area contributed by atoms with Gasteiger partial charge < -0.3 is 15.4 Å². The molecular weight excluding hydrogens is 354 g/mol. The Hall–Kier alpha value is -1.51. The minimum absolute atomic E-state index is 0. The van der Waals surface area contributed by atoms with E-state index in [-0.39, 0.29) is 23.7 Å². The molecule has 1 amide bonds. The van der Waals surface area contributed by atoms with Crippen LogP contribution in [0, 0.1) is 16.0 Å². The molecule has 1 aliphatic heterocycles. The minimum Gasteiger partial charge on any atom is -0.495 e. The van der Waals surface area contributed by atoms with E-state index in [0.717, 1.165) is 25.9 Å². The van der Waals surface area contributed by atoms with Gasteiger partial charge in [0.25, 0.3) is 11.6 Å². The molecule has 2 rings (SSSR count). The monoisotopic (exact) mass is 375 g/mol. The van der Waals surface area contributed by atoms with Gasteiger partial charge in [0.1, 0.15) is 11.3 Å². The van der Waals surface area contributed by atoms with E-state index in [0.29, 0.717) is 23.1 Å². The van der Waals surface area contributed by atoms with E-state index in [1.165, 1.54) is 31.0 Å². The summed E-state index contributed by atoms with van der Waals surface area (Å²) in [7, 11) is 1.45. The molecule has 0 saturated carbocycles. The highest BCUT2D eigenvalue weighted by molar-refractivity contribution is 7.98. The number of benzene rings is 1. The smallest absolute Gasteiger partial charge is 0.285 e. The van der Waals surface area contributed by atoms with Gasteiger partial charge >= 0.3 is 0 Å². The van der Waals surface area contributed by atoms with Crippen LogP contribution in [-0.2, 0) is 0 Å². The van der Waals surface area contributed by atoms with Crippen molar-refractivity contribution in [2.45, 2.75) is 17.7 Å². The molecule has 1 heterocycles. The summed E-state index contributed by atoms with van der Waals surface area (Å²) in [6.07, 6.45) is 3.97. The molecule has 7 nitrogen and oxygen atoms in total. The van der Waals surface area contributed by atoms with Crippen molar-refractivity contribution >= 4 is 35.8 Å². The van der Waals surface area contributed by atoms with Crippen LogP contribution in [0.3, 0.4) is 0 Å². The Bertz CT molecular complexity index is 594. The van der Waals surface area contributed by atoms with Gasteiger partial charge in [0, 0.05) is 6.54 Å². The number of ether oxygens (including phenoxy) is 1. The predicted molar refractivity (Wildman–Crippen MR) is 96.6 cm³/mol. The quantitative estimate of drug-likeness (QED) is 0.450. The molecule has 1 saturated heterocycles. The Kier molecular flexibility index (Phi) is 8.30. The average Bonchev–Trinajstić information content (AvgIpc) is 2.59. The summed E-state index contributed by atoms with van der Waals surface area (Å²) >= 11 is 1.38. The van der Waals surface area contributed by atoms with Gasteiger partial charge in [-0.05, 0) is 44.2 Å². The standard InChI is InChI=1S/C15H21N3O4S.ClH/c1-22-13-7-12(18(20)21)11(6-14(13)23-2)15(19)17-9-10-4-3-5-16-8-10;/h6-7,10,16H,3-5,8-9H2,1-2H3,(H,17,19);1H. The molecule has 1 unspecified atom stereocenters. The van der Waals surface area contributed by atoms with E-state index in [4.69, 9.17) is 4.74 Å². The summed E-state index contributed by atoms with van der Waals surface area (Å²) in [5, 5.41) is 17.4. The fourth-order valence-corrected chi connectivity index (χ4v) is 3.21. The number of nitro groups is 1. The number of halogens is 1. The molecule has 2 N–H and O–H groups in total. The molecule has 0 bridgehead atoms. The van der Waals surface area contributed by atoms with Gasteiger partial charge in [-0.15, -0.1) is 24.2 Å². The molecule has 1 fully saturated rings. The van der Waals surface area contributed by atoms with Gasteiger partial charge in [-0.2, -0.15) is 0 Å². The van der Waals surface area contributed by atoms with E-state index in [2.05, 4.69) is 10.6 Å². The number of piperidine rings is 1. The molecule has 1 aromatic rings. The van der Waals surface area contributed by atoms with E-state index in [9.17, 15) is 14.9 Å². The molecule has 0 aliphatic carbocycles. The van der Waals surface area contributed by atoms with Gasteiger partial charge in [0.2, 0.25) is 0 Å². The topological polar surface area (TPSA) is 93.5 Å². The number of hydrogen-bond acceptors (Lipinski definition) is 6. The lowest BCUT2D eigenvalue weighted by atomic mass is 9.99. The summed E-state index contributed by atoms with van der Waals surface area (Å²) < 4.78 is 5.15. The third kappa shape index (κ3) is 4.99. The van der Waals surface area contributed by atoms with Crippen molar-refractivity contribution in [2.24, 2.45) is 5.92 Å². The molecule has 1 aromatic carbocycles. The van der Waals surface area contributed by atoms with E-state index < -0.39 is 10.8 Å². The van der Waals surface area contributed by atoms with Gasteiger partial charge in [-0.3, -0.25) is 14.9 Å². The number of nitrogens with zero attached hydrogens (tertiary/aromatic N) is 1. The van der Waals surface area contributed by atoms with Crippen LogP contribution in [-0.4, -0.2) is 43.8 Å². The fraction of sp³-hybridized carbons (Fsp3) is 0.533. The number of hydrogen-bond donors (Lipinski definition) is 2. The zero-order valence-corrected chi connectivity index (χ0v) is 15.3. The number of thioether (sulfide) groups is 1. The Balaban J connectivity index is 0.00000288. The maximum absolute atomic E-state index is 12.4. The first-order chi connectivity index (χ1) is 11.1. The van der Waals surface area contributed by atoms with Crippen LogP contribution < -0.4 is 15.4 Å². The summed E-state index contributed by atoms with van der Waals surface area (Å²) in [5.41, 5.74) is -0.164. The average molecular weight is 376 g/mol. The lowest BCUT2D eigenvalue weighted by molar-refractivity contribution is -0.385. The maximum Gasteiger partial charge on any atom is 0.285 e. The molecule has 24 heavy (non-hydrogen) atoms. The van der Waals surface area contributed by atoms with Crippen molar-refractivity contribution in [3.63, 3.8) is 0 Å². The summed E-state index contributed by atoms with van der Waals surface area (Å²) in [5.74, 6) is 0.350. The summed E-state index contributed by atoms with van der Waals surface area (Å²) in [6.45, 7) is 2.39.